The Hall–Kier alpha value is -1.62. The van der Waals surface area contributed by atoms with Crippen molar-refractivity contribution in [3.05, 3.63) is 30.3 Å². The predicted molar refractivity (Wildman–Crippen MR) is 89.4 cm³/mol. The Morgan fingerprint density at radius 3 is 2.57 bits per heavy atom. The van der Waals surface area contributed by atoms with Gasteiger partial charge in [0.2, 0.25) is 5.91 Å². The number of amides is 1. The Labute approximate surface area is 132 Å². The van der Waals surface area contributed by atoms with Crippen LogP contribution < -0.4 is 10.5 Å². The molecule has 0 aliphatic heterocycles. The van der Waals surface area contributed by atoms with E-state index in [4.69, 9.17) is 22.7 Å². The van der Waals surface area contributed by atoms with Crippen LogP contribution in [0.15, 0.2) is 30.3 Å². The molecule has 0 aliphatic carbocycles. The van der Waals surface area contributed by atoms with Crippen LogP contribution in [0.5, 0.6) is 5.75 Å². The molecule has 0 spiro atoms. The fourth-order valence-corrected chi connectivity index (χ4v) is 1.98. The van der Waals surface area contributed by atoms with Gasteiger partial charge in [-0.05, 0) is 18.6 Å². The van der Waals surface area contributed by atoms with Gasteiger partial charge in [0.05, 0.1) is 18.0 Å². The Morgan fingerprint density at radius 2 is 1.95 bits per heavy atom. The minimum absolute atomic E-state index is 0.0932. The lowest BCUT2D eigenvalue weighted by atomic mass is 10.2. The molecule has 0 bridgehead atoms. The van der Waals surface area contributed by atoms with Crippen molar-refractivity contribution in [1.82, 2.24) is 4.90 Å². The van der Waals surface area contributed by atoms with Gasteiger partial charge in [0.25, 0.3) is 0 Å². The van der Waals surface area contributed by atoms with Crippen molar-refractivity contribution in [1.29, 1.82) is 0 Å². The third-order valence-electron chi connectivity index (χ3n) is 3.09. The highest BCUT2D eigenvalue weighted by molar-refractivity contribution is 7.80. The number of carbonyl (C=O) groups is 1. The van der Waals surface area contributed by atoms with Crippen LogP contribution in [0, 0.1) is 0 Å². The Morgan fingerprint density at radius 1 is 1.24 bits per heavy atom. The molecule has 0 aliphatic rings. The Bertz CT molecular complexity index is 437. The number of unbranched alkanes of at least 4 members (excludes halogenated alkanes) is 1. The molecule has 0 saturated carbocycles. The first-order valence-electron chi connectivity index (χ1n) is 7.37. The maximum Gasteiger partial charge on any atom is 0.226 e. The van der Waals surface area contributed by atoms with Gasteiger partial charge >= 0.3 is 0 Å². The number of nitrogens with two attached hydrogens (primary N) is 1. The van der Waals surface area contributed by atoms with E-state index in [0.29, 0.717) is 31.0 Å². The number of hydrogen-bond acceptors (Lipinski definition) is 3. The van der Waals surface area contributed by atoms with Gasteiger partial charge in [-0.15, -0.1) is 0 Å². The van der Waals surface area contributed by atoms with Crippen molar-refractivity contribution in [3.63, 3.8) is 0 Å². The van der Waals surface area contributed by atoms with E-state index in [1.807, 2.05) is 35.2 Å². The highest BCUT2D eigenvalue weighted by Gasteiger charge is 2.13. The van der Waals surface area contributed by atoms with Crippen LogP contribution in [0.1, 0.15) is 32.6 Å². The van der Waals surface area contributed by atoms with Crippen molar-refractivity contribution in [2.75, 3.05) is 19.7 Å². The number of hydrogen-bond donors (Lipinski definition) is 1. The summed E-state index contributed by atoms with van der Waals surface area (Å²) >= 11 is 4.88. The van der Waals surface area contributed by atoms with Crippen molar-refractivity contribution in [3.8, 4) is 5.75 Å². The summed E-state index contributed by atoms with van der Waals surface area (Å²) in [5.41, 5.74) is 5.51. The van der Waals surface area contributed by atoms with Gasteiger partial charge in [-0.3, -0.25) is 4.79 Å². The molecular formula is C16H24N2O2S. The van der Waals surface area contributed by atoms with Gasteiger partial charge in [0, 0.05) is 19.5 Å². The first-order valence-corrected chi connectivity index (χ1v) is 7.78. The van der Waals surface area contributed by atoms with Crippen LogP contribution in [0.3, 0.4) is 0 Å². The summed E-state index contributed by atoms with van der Waals surface area (Å²) in [4.78, 5) is 14.5. The molecule has 2 N–H and O–H groups in total. The largest absolute Gasteiger partial charge is 0.493 e. The highest BCUT2D eigenvalue weighted by atomic mass is 32.1. The summed E-state index contributed by atoms with van der Waals surface area (Å²) in [5, 5.41) is 0. The van der Waals surface area contributed by atoms with Crippen molar-refractivity contribution in [2.24, 2.45) is 5.73 Å². The smallest absolute Gasteiger partial charge is 0.226 e. The average molecular weight is 308 g/mol. The predicted octanol–water partition coefficient (Wildman–Crippen LogP) is 2.76. The minimum Gasteiger partial charge on any atom is -0.493 e. The topological polar surface area (TPSA) is 55.6 Å². The summed E-state index contributed by atoms with van der Waals surface area (Å²) in [7, 11) is 0. The van der Waals surface area contributed by atoms with Crippen LogP contribution in [0.4, 0.5) is 0 Å². The molecule has 0 fully saturated rings. The van der Waals surface area contributed by atoms with Crippen molar-refractivity contribution in [2.45, 2.75) is 32.6 Å². The Kier molecular flexibility index (Phi) is 8.43. The second kappa shape index (κ2) is 10.2. The molecule has 5 heteroatoms. The second-order valence-electron chi connectivity index (χ2n) is 4.86. The molecule has 0 aromatic heterocycles. The van der Waals surface area contributed by atoms with Crippen molar-refractivity contribution < 1.29 is 9.53 Å². The lowest BCUT2D eigenvalue weighted by Crippen LogP contribution is -2.35. The molecule has 4 nitrogen and oxygen atoms in total. The van der Waals surface area contributed by atoms with Gasteiger partial charge in [0.1, 0.15) is 5.75 Å². The van der Waals surface area contributed by atoms with Crippen LogP contribution in [0.25, 0.3) is 0 Å². The fraction of sp³-hybridized carbons (Fsp3) is 0.500. The second-order valence-corrected chi connectivity index (χ2v) is 5.39. The number of carbonyl (C=O) groups excluding carboxylic acids is 1. The normalized spacial score (nSPS) is 10.1. The number of rotatable bonds is 10. The minimum atomic E-state index is 0.0932. The van der Waals surface area contributed by atoms with Crippen LogP contribution >= 0.6 is 12.2 Å². The van der Waals surface area contributed by atoms with E-state index in [-0.39, 0.29) is 5.91 Å². The zero-order valence-electron chi connectivity index (χ0n) is 12.6. The van der Waals surface area contributed by atoms with E-state index in [2.05, 4.69) is 6.92 Å². The quantitative estimate of drug-likeness (QED) is 0.675. The molecule has 21 heavy (non-hydrogen) atoms. The first kappa shape index (κ1) is 17.4. The molecule has 0 radical (unpaired) electrons. The van der Waals surface area contributed by atoms with E-state index in [0.717, 1.165) is 25.1 Å². The standard InChI is InChI=1S/C16H24N2O2S/c1-2-3-11-18(12-9-15(17)21)16(19)10-13-20-14-7-5-4-6-8-14/h4-8H,2-3,9-13H2,1H3,(H2,17,21). The molecule has 1 rings (SSSR count). The van der Waals surface area contributed by atoms with Gasteiger partial charge < -0.3 is 15.4 Å². The zero-order valence-corrected chi connectivity index (χ0v) is 13.4. The molecule has 0 saturated heterocycles. The monoisotopic (exact) mass is 308 g/mol. The number of thiocarbonyl (C=S) groups is 1. The summed E-state index contributed by atoms with van der Waals surface area (Å²) in [6, 6.07) is 9.51. The maximum atomic E-state index is 12.2. The number of benzene rings is 1. The lowest BCUT2D eigenvalue weighted by molar-refractivity contribution is -0.131. The number of nitrogens with zero attached hydrogens (tertiary/aromatic N) is 1. The van der Waals surface area contributed by atoms with E-state index in [9.17, 15) is 4.79 Å². The lowest BCUT2D eigenvalue weighted by Gasteiger charge is -2.22. The zero-order chi connectivity index (χ0) is 15.5. The number of para-hydroxylation sites is 1. The third kappa shape index (κ3) is 7.66. The van der Waals surface area contributed by atoms with Crippen LogP contribution in [0.2, 0.25) is 0 Å². The van der Waals surface area contributed by atoms with Crippen molar-refractivity contribution >= 4 is 23.1 Å². The molecule has 0 heterocycles. The molecule has 116 valence electrons. The van der Waals surface area contributed by atoms with E-state index >= 15 is 0 Å². The number of ether oxygens (including phenoxy) is 1. The molecule has 1 aromatic rings. The van der Waals surface area contributed by atoms with Gasteiger partial charge in [0.15, 0.2) is 0 Å². The van der Waals surface area contributed by atoms with Crippen LogP contribution in [-0.4, -0.2) is 35.5 Å². The molecule has 1 aromatic carbocycles. The molecule has 1 amide bonds. The molecule has 0 unspecified atom stereocenters. The summed E-state index contributed by atoms with van der Waals surface area (Å²) in [6.45, 7) is 3.84. The van der Waals surface area contributed by atoms with Crippen LogP contribution in [-0.2, 0) is 4.79 Å². The van der Waals surface area contributed by atoms with E-state index < -0.39 is 0 Å². The summed E-state index contributed by atoms with van der Waals surface area (Å²) in [6.07, 6.45) is 2.99. The van der Waals surface area contributed by atoms with Gasteiger partial charge in [-0.25, -0.2) is 0 Å². The SMILES string of the molecule is CCCCN(CCC(N)=S)C(=O)CCOc1ccccc1. The molecule has 0 atom stereocenters. The maximum absolute atomic E-state index is 12.2. The third-order valence-corrected chi connectivity index (χ3v) is 3.29. The Balaban J connectivity index is 2.38. The van der Waals surface area contributed by atoms with Gasteiger partial charge in [-0.1, -0.05) is 43.8 Å². The van der Waals surface area contributed by atoms with Gasteiger partial charge in [-0.2, -0.15) is 0 Å². The van der Waals surface area contributed by atoms with E-state index in [1.165, 1.54) is 0 Å². The summed E-state index contributed by atoms with van der Waals surface area (Å²) in [5.74, 6) is 0.879. The van der Waals surface area contributed by atoms with E-state index in [1.54, 1.807) is 0 Å². The first-order chi connectivity index (χ1) is 10.1. The average Bonchev–Trinajstić information content (AvgIpc) is 2.48. The fourth-order valence-electron chi connectivity index (χ4n) is 1.89. The summed E-state index contributed by atoms with van der Waals surface area (Å²) < 4.78 is 5.56. The highest BCUT2D eigenvalue weighted by Crippen LogP contribution is 2.09. The molecular weight excluding hydrogens is 284 g/mol.